The molecule has 0 spiro atoms. The molecule has 1 heterocycles. The monoisotopic (exact) mass is 271 g/mol. The second-order valence-electron chi connectivity index (χ2n) is 4.22. The molecular weight excluding hydrogens is 257 g/mol. The van der Waals surface area contributed by atoms with Crippen molar-refractivity contribution in [3.63, 3.8) is 0 Å². The third-order valence-corrected chi connectivity index (χ3v) is 3.88. The zero-order valence-corrected chi connectivity index (χ0v) is 10.3. The Bertz CT molecular complexity index is 355. The highest BCUT2D eigenvalue weighted by Gasteiger charge is 2.39. The lowest BCUT2D eigenvalue weighted by Gasteiger charge is -2.39. The minimum Gasteiger partial charge on any atom is -0.305 e. The molecule has 1 aromatic rings. The van der Waals surface area contributed by atoms with Gasteiger partial charge >= 0.3 is 0 Å². The summed E-state index contributed by atoms with van der Waals surface area (Å²) < 4.78 is 15.0. The molecule has 15 heavy (non-hydrogen) atoms. The number of benzene rings is 1. The van der Waals surface area contributed by atoms with E-state index in [0.717, 1.165) is 23.0 Å². The molecule has 1 N–H and O–H groups in total. The third-order valence-electron chi connectivity index (χ3n) is 3.19. The Hall–Kier alpha value is -0.410. The first-order chi connectivity index (χ1) is 7.14. The van der Waals surface area contributed by atoms with Gasteiger partial charge in [-0.05, 0) is 37.9 Å². The summed E-state index contributed by atoms with van der Waals surface area (Å²) in [5.74, 6) is 0. The average molecular weight is 272 g/mol. The molecule has 1 aliphatic heterocycles. The highest BCUT2D eigenvalue weighted by Crippen LogP contribution is 2.36. The highest BCUT2D eigenvalue weighted by atomic mass is 79.9. The molecule has 1 nitrogen and oxygen atoms in total. The second-order valence-corrected chi connectivity index (χ2v) is 5.07. The van der Waals surface area contributed by atoms with Crippen molar-refractivity contribution >= 4 is 15.9 Å². The van der Waals surface area contributed by atoms with Gasteiger partial charge in [0.2, 0.25) is 0 Å². The summed E-state index contributed by atoms with van der Waals surface area (Å²) in [7, 11) is 0. The topological polar surface area (TPSA) is 12.0 Å². The molecule has 1 aromatic carbocycles. The molecule has 2 unspecified atom stereocenters. The number of nitrogens with one attached hydrogen (secondary N) is 1. The van der Waals surface area contributed by atoms with E-state index in [9.17, 15) is 4.39 Å². The van der Waals surface area contributed by atoms with E-state index in [-0.39, 0.29) is 0 Å². The van der Waals surface area contributed by atoms with Crippen LogP contribution in [0.4, 0.5) is 4.39 Å². The number of piperidine rings is 1. The van der Waals surface area contributed by atoms with Crippen LogP contribution in [0.25, 0.3) is 0 Å². The summed E-state index contributed by atoms with van der Waals surface area (Å²) in [6.07, 6.45) is 0.747. The Morgan fingerprint density at radius 2 is 2.20 bits per heavy atom. The van der Waals surface area contributed by atoms with Crippen LogP contribution in [-0.2, 0) is 5.54 Å². The van der Waals surface area contributed by atoms with Crippen molar-refractivity contribution in [3.8, 4) is 0 Å². The predicted octanol–water partition coefficient (Wildman–Crippen LogP) is 3.39. The van der Waals surface area contributed by atoms with Crippen LogP contribution in [0.3, 0.4) is 0 Å². The molecule has 82 valence electrons. The minimum absolute atomic E-state index is 0.543. The third kappa shape index (κ3) is 1.95. The standard InChI is InChI=1S/C12H15BrFN/c1-12(11(14)7-4-8-15-12)9-5-2-3-6-10(9)13/h2-3,5-6,11,15H,4,7-8H2,1H3. The number of hydrogen-bond donors (Lipinski definition) is 1. The van der Waals surface area contributed by atoms with Crippen molar-refractivity contribution in [2.75, 3.05) is 6.54 Å². The van der Waals surface area contributed by atoms with Crippen LogP contribution in [0.5, 0.6) is 0 Å². The molecule has 0 aliphatic carbocycles. The van der Waals surface area contributed by atoms with E-state index < -0.39 is 11.7 Å². The van der Waals surface area contributed by atoms with Crippen LogP contribution in [-0.4, -0.2) is 12.7 Å². The van der Waals surface area contributed by atoms with E-state index in [2.05, 4.69) is 21.2 Å². The summed E-state index contributed by atoms with van der Waals surface area (Å²) in [6, 6.07) is 7.85. The number of rotatable bonds is 1. The highest BCUT2D eigenvalue weighted by molar-refractivity contribution is 9.10. The molecule has 0 saturated carbocycles. The fourth-order valence-electron chi connectivity index (χ4n) is 2.18. The van der Waals surface area contributed by atoms with E-state index in [1.165, 1.54) is 0 Å². The molecule has 2 atom stereocenters. The lowest BCUT2D eigenvalue weighted by molar-refractivity contribution is 0.120. The first kappa shape index (κ1) is 11.1. The maximum atomic E-state index is 14.0. The van der Waals surface area contributed by atoms with Crippen LogP contribution < -0.4 is 5.32 Å². The zero-order valence-electron chi connectivity index (χ0n) is 8.76. The number of hydrogen-bond acceptors (Lipinski definition) is 1. The van der Waals surface area contributed by atoms with Gasteiger partial charge in [0.1, 0.15) is 6.17 Å². The molecule has 0 bridgehead atoms. The SMILES string of the molecule is CC1(c2ccccc2Br)NCCCC1F. The molecular formula is C12H15BrFN. The molecule has 0 amide bonds. The van der Waals surface area contributed by atoms with Gasteiger partial charge in [0.05, 0.1) is 5.54 Å². The minimum atomic E-state index is -0.815. The fourth-order valence-corrected chi connectivity index (χ4v) is 2.87. The van der Waals surface area contributed by atoms with Gasteiger partial charge in [-0.3, -0.25) is 0 Å². The summed E-state index contributed by atoms with van der Waals surface area (Å²) >= 11 is 3.49. The molecule has 1 saturated heterocycles. The van der Waals surface area contributed by atoms with E-state index in [4.69, 9.17) is 0 Å². The predicted molar refractivity (Wildman–Crippen MR) is 63.6 cm³/mol. The van der Waals surface area contributed by atoms with Gasteiger partial charge in [0.15, 0.2) is 0 Å². The van der Waals surface area contributed by atoms with Crippen molar-refractivity contribution in [1.29, 1.82) is 0 Å². The van der Waals surface area contributed by atoms with Gasteiger partial charge in [-0.25, -0.2) is 4.39 Å². The van der Waals surface area contributed by atoms with Crippen LogP contribution in [0.2, 0.25) is 0 Å². The quantitative estimate of drug-likeness (QED) is 0.826. The van der Waals surface area contributed by atoms with Gasteiger partial charge in [-0.15, -0.1) is 0 Å². The summed E-state index contributed by atoms with van der Waals surface area (Å²) in [4.78, 5) is 0. The lowest BCUT2D eigenvalue weighted by atomic mass is 9.82. The van der Waals surface area contributed by atoms with Gasteiger partial charge in [-0.1, -0.05) is 34.1 Å². The normalized spacial score (nSPS) is 31.5. The Morgan fingerprint density at radius 1 is 1.47 bits per heavy atom. The van der Waals surface area contributed by atoms with E-state index in [1.54, 1.807) is 0 Å². The van der Waals surface area contributed by atoms with Gasteiger partial charge in [-0.2, -0.15) is 0 Å². The lowest BCUT2D eigenvalue weighted by Crippen LogP contribution is -2.51. The first-order valence-corrected chi connectivity index (χ1v) is 6.08. The fraction of sp³-hybridized carbons (Fsp3) is 0.500. The van der Waals surface area contributed by atoms with E-state index in [0.29, 0.717) is 6.42 Å². The smallest absolute Gasteiger partial charge is 0.122 e. The van der Waals surface area contributed by atoms with Crippen LogP contribution in [0.1, 0.15) is 25.3 Å². The van der Waals surface area contributed by atoms with Crippen molar-refractivity contribution in [2.24, 2.45) is 0 Å². The number of alkyl halides is 1. The maximum Gasteiger partial charge on any atom is 0.122 e. The Kier molecular flexibility index (Phi) is 3.12. The van der Waals surface area contributed by atoms with Crippen molar-refractivity contribution in [2.45, 2.75) is 31.5 Å². The summed E-state index contributed by atoms with van der Waals surface area (Å²) in [5.41, 5.74) is 0.468. The Balaban J connectivity index is 2.39. The molecule has 0 aromatic heterocycles. The van der Waals surface area contributed by atoms with Crippen molar-refractivity contribution < 1.29 is 4.39 Å². The molecule has 0 radical (unpaired) electrons. The van der Waals surface area contributed by atoms with Gasteiger partial charge in [0, 0.05) is 4.47 Å². The van der Waals surface area contributed by atoms with Crippen LogP contribution in [0.15, 0.2) is 28.7 Å². The van der Waals surface area contributed by atoms with Gasteiger partial charge in [0.25, 0.3) is 0 Å². The molecule has 1 fully saturated rings. The van der Waals surface area contributed by atoms with Gasteiger partial charge < -0.3 is 5.32 Å². The van der Waals surface area contributed by atoms with Crippen LogP contribution in [0, 0.1) is 0 Å². The number of halogens is 2. The van der Waals surface area contributed by atoms with Crippen LogP contribution >= 0.6 is 15.9 Å². The summed E-state index contributed by atoms with van der Waals surface area (Å²) in [5, 5.41) is 3.30. The largest absolute Gasteiger partial charge is 0.305 e. The average Bonchev–Trinajstić information content (AvgIpc) is 2.23. The zero-order chi connectivity index (χ0) is 10.9. The summed E-state index contributed by atoms with van der Waals surface area (Å²) in [6.45, 7) is 2.83. The second kappa shape index (κ2) is 4.22. The first-order valence-electron chi connectivity index (χ1n) is 5.29. The Labute approximate surface area is 98.2 Å². The van der Waals surface area contributed by atoms with E-state index >= 15 is 0 Å². The van der Waals surface area contributed by atoms with E-state index in [1.807, 2.05) is 31.2 Å². The maximum absolute atomic E-state index is 14.0. The molecule has 1 aliphatic rings. The van der Waals surface area contributed by atoms with Crippen molar-refractivity contribution in [1.82, 2.24) is 5.32 Å². The molecule has 2 rings (SSSR count). The Morgan fingerprint density at radius 3 is 2.87 bits per heavy atom. The van der Waals surface area contributed by atoms with Crippen molar-refractivity contribution in [3.05, 3.63) is 34.3 Å². The molecule has 3 heteroatoms.